The van der Waals surface area contributed by atoms with Crippen molar-refractivity contribution in [3.63, 3.8) is 0 Å². The van der Waals surface area contributed by atoms with Crippen molar-refractivity contribution in [2.45, 2.75) is 140 Å². The van der Waals surface area contributed by atoms with Crippen LogP contribution in [0.2, 0.25) is 0 Å². The Bertz CT molecular complexity index is 1570. The van der Waals surface area contributed by atoms with Crippen molar-refractivity contribution >= 4 is 0 Å². The maximum atomic E-state index is 2.99. The molecule has 1 heterocycles. The summed E-state index contributed by atoms with van der Waals surface area (Å²) in [5.74, 6) is 2.66. The molecule has 8 aliphatic carbocycles. The van der Waals surface area contributed by atoms with Gasteiger partial charge in [0.2, 0.25) is 0 Å². The zero-order valence-electron chi connectivity index (χ0n) is 29.4. The van der Waals surface area contributed by atoms with Gasteiger partial charge in [-0.15, -0.1) is 0 Å². The molecule has 0 radical (unpaired) electrons. The SMILES string of the molecule is C1=CCCC([C@@H]2CC=C(N(C3=CC[C@@H](C4C=CCCC4)C=C3)C3CC4=C(CCCC4)C4C3C3=CCCC=C3N4C3C=CCCC3)CC2)=C1. The minimum atomic E-state index is 0.499. The number of nitrogens with zero attached hydrogens (tertiary/aromatic N) is 2. The van der Waals surface area contributed by atoms with Crippen molar-refractivity contribution in [1.82, 2.24) is 9.80 Å². The monoisotopic (exact) mass is 638 g/mol. The average molecular weight is 639 g/mol. The molecule has 1 aliphatic heterocycles. The molecule has 0 aromatic heterocycles. The molecule has 9 aliphatic rings. The van der Waals surface area contributed by atoms with Crippen molar-refractivity contribution in [2.24, 2.45) is 23.7 Å². The first-order valence-electron chi connectivity index (χ1n) is 20.3. The van der Waals surface area contributed by atoms with E-state index >= 15 is 0 Å². The van der Waals surface area contributed by atoms with Gasteiger partial charge in [-0.1, -0.05) is 84.1 Å². The molecular formula is C46H58N2. The van der Waals surface area contributed by atoms with Crippen LogP contribution in [0.25, 0.3) is 0 Å². The van der Waals surface area contributed by atoms with Crippen molar-refractivity contribution < 1.29 is 0 Å². The van der Waals surface area contributed by atoms with Crippen LogP contribution in [0, 0.1) is 23.7 Å². The molecule has 5 unspecified atom stereocenters. The smallest absolute Gasteiger partial charge is 0.0600 e. The molecular weight excluding hydrogens is 581 g/mol. The summed E-state index contributed by atoms with van der Waals surface area (Å²) in [5, 5.41) is 0. The molecule has 0 aromatic carbocycles. The van der Waals surface area contributed by atoms with E-state index in [2.05, 4.69) is 88.8 Å². The first kappa shape index (κ1) is 31.0. The fourth-order valence-corrected chi connectivity index (χ4v) is 11.4. The molecule has 2 heteroatoms. The highest BCUT2D eigenvalue weighted by molar-refractivity contribution is 5.51. The van der Waals surface area contributed by atoms with Crippen LogP contribution in [-0.4, -0.2) is 27.9 Å². The number of hydrogen-bond donors (Lipinski definition) is 0. The fourth-order valence-electron chi connectivity index (χ4n) is 11.4. The Hall–Kier alpha value is -3.00. The van der Waals surface area contributed by atoms with Gasteiger partial charge in [-0.05, 0) is 157 Å². The first-order chi connectivity index (χ1) is 23.8. The molecule has 0 spiro atoms. The second-order valence-electron chi connectivity index (χ2n) is 16.4. The zero-order valence-corrected chi connectivity index (χ0v) is 29.4. The second kappa shape index (κ2) is 13.7. The summed E-state index contributed by atoms with van der Waals surface area (Å²) >= 11 is 0. The van der Waals surface area contributed by atoms with Gasteiger partial charge in [-0.25, -0.2) is 0 Å². The van der Waals surface area contributed by atoms with Gasteiger partial charge < -0.3 is 9.80 Å². The minimum absolute atomic E-state index is 0.499. The Kier molecular flexibility index (Phi) is 8.87. The van der Waals surface area contributed by atoms with E-state index in [4.69, 9.17) is 0 Å². The van der Waals surface area contributed by atoms with Crippen LogP contribution in [-0.2, 0) is 0 Å². The molecule has 48 heavy (non-hydrogen) atoms. The number of likely N-dealkylation sites (tertiary alicyclic amines) is 1. The van der Waals surface area contributed by atoms with E-state index in [1.54, 1.807) is 22.5 Å². The molecule has 1 saturated heterocycles. The maximum Gasteiger partial charge on any atom is 0.0600 e. The lowest BCUT2D eigenvalue weighted by Crippen LogP contribution is -2.51. The third-order valence-corrected chi connectivity index (χ3v) is 13.7. The molecule has 0 bridgehead atoms. The predicted octanol–water partition coefficient (Wildman–Crippen LogP) is 11.7. The van der Waals surface area contributed by atoms with Gasteiger partial charge >= 0.3 is 0 Å². The standard InChI is InChI=1S/C46H58N2/c1-4-14-33(15-5-1)35-24-28-39(29-25-35)47(40-30-26-36(27-31-40)34-16-6-2-7-17-34)44-32-37-18-10-11-21-41(37)46-45(44)42-22-12-13-23-43(42)48(46)38-19-8-3-9-20-38/h1,4,6,8,14,16,19,22-23,26,28,30-31,34-36,38,44-46H,2-3,5,7,9-13,15,17-18,20-21,24-25,27,29,32H2/t34?,35-,36+,38?,44?,45?,46?/m1/s1. The van der Waals surface area contributed by atoms with E-state index in [1.165, 1.54) is 128 Å². The van der Waals surface area contributed by atoms with Crippen LogP contribution in [0.4, 0.5) is 0 Å². The summed E-state index contributed by atoms with van der Waals surface area (Å²) in [6.07, 6.45) is 57.5. The number of fused-ring (bicyclic) bond motifs is 4. The molecule has 1 fully saturated rings. The van der Waals surface area contributed by atoms with E-state index < -0.39 is 0 Å². The summed E-state index contributed by atoms with van der Waals surface area (Å²) in [4.78, 5) is 5.96. The van der Waals surface area contributed by atoms with E-state index in [1.807, 2.05) is 11.1 Å². The second-order valence-corrected chi connectivity index (χ2v) is 16.4. The lowest BCUT2D eigenvalue weighted by Gasteiger charge is -2.50. The average Bonchev–Trinajstić information content (AvgIpc) is 3.52. The number of hydrogen-bond acceptors (Lipinski definition) is 2. The van der Waals surface area contributed by atoms with Gasteiger partial charge in [0, 0.05) is 35.1 Å². The Morgan fingerprint density at radius 2 is 1.58 bits per heavy atom. The fraction of sp³-hybridized carbons (Fsp3) is 0.565. The summed E-state index contributed by atoms with van der Waals surface area (Å²) < 4.78 is 0. The van der Waals surface area contributed by atoms with Crippen molar-refractivity contribution in [3.8, 4) is 0 Å². The predicted molar refractivity (Wildman–Crippen MR) is 201 cm³/mol. The molecule has 252 valence electrons. The third-order valence-electron chi connectivity index (χ3n) is 13.7. The van der Waals surface area contributed by atoms with Crippen LogP contribution in [0.15, 0.2) is 118 Å². The summed E-state index contributed by atoms with van der Waals surface area (Å²) in [6.45, 7) is 0. The molecule has 0 amide bonds. The molecule has 0 N–H and O–H groups in total. The van der Waals surface area contributed by atoms with Gasteiger partial charge in [0.1, 0.15) is 0 Å². The Labute approximate surface area is 291 Å². The lowest BCUT2D eigenvalue weighted by atomic mass is 9.69. The number of allylic oxidation sites excluding steroid dienone is 15. The Morgan fingerprint density at radius 1 is 0.688 bits per heavy atom. The Morgan fingerprint density at radius 3 is 2.35 bits per heavy atom. The highest BCUT2D eigenvalue weighted by atomic mass is 15.3. The topological polar surface area (TPSA) is 6.48 Å². The third kappa shape index (κ3) is 5.74. The van der Waals surface area contributed by atoms with E-state index in [9.17, 15) is 0 Å². The van der Waals surface area contributed by atoms with Crippen LogP contribution >= 0.6 is 0 Å². The van der Waals surface area contributed by atoms with Crippen molar-refractivity contribution in [1.29, 1.82) is 0 Å². The highest BCUT2D eigenvalue weighted by Gasteiger charge is 2.53. The Balaban J connectivity index is 1.11. The van der Waals surface area contributed by atoms with E-state index in [-0.39, 0.29) is 0 Å². The zero-order chi connectivity index (χ0) is 31.9. The largest absolute Gasteiger partial charge is 0.358 e. The molecule has 2 nitrogen and oxygen atoms in total. The van der Waals surface area contributed by atoms with E-state index in [0.717, 1.165) is 11.8 Å². The number of rotatable bonds is 6. The molecule has 0 saturated carbocycles. The maximum absolute atomic E-state index is 2.99. The van der Waals surface area contributed by atoms with Crippen molar-refractivity contribution in [2.75, 3.05) is 0 Å². The van der Waals surface area contributed by atoms with Crippen LogP contribution < -0.4 is 0 Å². The first-order valence-corrected chi connectivity index (χ1v) is 20.3. The molecule has 7 atom stereocenters. The highest BCUT2D eigenvalue weighted by Crippen LogP contribution is 2.56. The minimum Gasteiger partial charge on any atom is -0.358 e. The van der Waals surface area contributed by atoms with E-state index in [0.29, 0.717) is 30.0 Å². The van der Waals surface area contributed by atoms with Crippen LogP contribution in [0.5, 0.6) is 0 Å². The van der Waals surface area contributed by atoms with Gasteiger partial charge in [-0.3, -0.25) is 0 Å². The van der Waals surface area contributed by atoms with Gasteiger partial charge in [0.25, 0.3) is 0 Å². The van der Waals surface area contributed by atoms with Gasteiger partial charge in [0.05, 0.1) is 6.04 Å². The van der Waals surface area contributed by atoms with Crippen LogP contribution in [0.1, 0.15) is 122 Å². The van der Waals surface area contributed by atoms with Gasteiger partial charge in [0.15, 0.2) is 0 Å². The van der Waals surface area contributed by atoms with Crippen LogP contribution in [0.3, 0.4) is 0 Å². The summed E-state index contributed by atoms with van der Waals surface area (Å²) in [5.41, 5.74) is 11.8. The summed E-state index contributed by atoms with van der Waals surface area (Å²) in [7, 11) is 0. The molecule has 0 aromatic rings. The lowest BCUT2D eigenvalue weighted by molar-refractivity contribution is 0.149. The molecule has 9 rings (SSSR count). The normalized spacial score (nSPS) is 36.0. The quantitative estimate of drug-likeness (QED) is 0.267. The van der Waals surface area contributed by atoms with Crippen molar-refractivity contribution in [3.05, 3.63) is 118 Å². The summed E-state index contributed by atoms with van der Waals surface area (Å²) in [6, 6.07) is 1.59. The van der Waals surface area contributed by atoms with Gasteiger partial charge in [-0.2, -0.15) is 0 Å².